The van der Waals surface area contributed by atoms with Crippen molar-refractivity contribution < 1.29 is 9.53 Å². The van der Waals surface area contributed by atoms with E-state index in [4.69, 9.17) is 4.74 Å². The number of Topliss-reactive ketones (excluding diaryl/α,β-unsaturated/α-hetero) is 1. The first-order valence-electron chi connectivity index (χ1n) is 6.97. The lowest BCUT2D eigenvalue weighted by molar-refractivity contribution is -0.120. The number of ketones is 1. The molecule has 0 radical (unpaired) electrons. The molecule has 21 heavy (non-hydrogen) atoms. The molecule has 2 unspecified atom stereocenters. The third-order valence-electron chi connectivity index (χ3n) is 3.78. The summed E-state index contributed by atoms with van der Waals surface area (Å²) in [4.78, 5) is 21.8. The molecule has 1 aliphatic carbocycles. The quantitative estimate of drug-likeness (QED) is 0.585. The lowest BCUT2D eigenvalue weighted by Gasteiger charge is -2.16. The van der Waals surface area contributed by atoms with Crippen molar-refractivity contribution in [2.45, 2.75) is 25.5 Å². The van der Waals surface area contributed by atoms with E-state index in [2.05, 4.69) is 16.7 Å². The molecule has 1 heterocycles. The van der Waals surface area contributed by atoms with Gasteiger partial charge in [-0.25, -0.2) is 4.99 Å². The zero-order chi connectivity index (χ0) is 15.4. The van der Waals surface area contributed by atoms with Crippen molar-refractivity contribution in [1.82, 2.24) is 4.90 Å². The smallest absolute Gasteiger partial charge is 0.222 e. The van der Waals surface area contributed by atoms with Crippen molar-refractivity contribution in [3.63, 3.8) is 0 Å². The minimum atomic E-state index is -0.0767. The molecule has 2 rings (SSSR count). The van der Waals surface area contributed by atoms with Gasteiger partial charge in [-0.2, -0.15) is 0 Å². The van der Waals surface area contributed by atoms with E-state index in [0.717, 1.165) is 11.3 Å². The van der Waals surface area contributed by atoms with Crippen LogP contribution in [0, 0.1) is 0 Å². The van der Waals surface area contributed by atoms with E-state index in [1.54, 1.807) is 14.0 Å². The Bertz CT molecular complexity index is 558. The lowest BCUT2D eigenvalue weighted by Crippen LogP contribution is -2.30. The van der Waals surface area contributed by atoms with E-state index in [1.807, 2.05) is 36.3 Å². The summed E-state index contributed by atoms with van der Waals surface area (Å²) in [6.07, 6.45) is 8.26. The van der Waals surface area contributed by atoms with E-state index in [-0.39, 0.29) is 17.9 Å². The molecular formula is C16H21N3O2. The Kier molecular flexibility index (Phi) is 4.85. The molecule has 112 valence electrons. The molecule has 0 amide bonds. The first-order valence-corrected chi connectivity index (χ1v) is 6.97. The normalized spacial score (nSPS) is 29.8. The molecule has 2 aliphatic rings. The third kappa shape index (κ3) is 3.36. The summed E-state index contributed by atoms with van der Waals surface area (Å²) in [6, 6.07) is -0.0767. The molecule has 5 nitrogen and oxygen atoms in total. The SMILES string of the molecule is C=N/C(OC1CC(C(C)=O)N(C)C1)=C1/C=CC=CC1=NC. The van der Waals surface area contributed by atoms with Gasteiger partial charge in [0, 0.05) is 20.0 Å². The molecule has 0 saturated carbocycles. The van der Waals surface area contributed by atoms with Crippen LogP contribution in [-0.2, 0) is 9.53 Å². The summed E-state index contributed by atoms with van der Waals surface area (Å²) in [6.45, 7) is 5.91. The fourth-order valence-electron chi connectivity index (χ4n) is 2.71. The second kappa shape index (κ2) is 6.63. The van der Waals surface area contributed by atoms with E-state index in [1.165, 1.54) is 0 Å². The fourth-order valence-corrected chi connectivity index (χ4v) is 2.71. The number of rotatable bonds is 4. The van der Waals surface area contributed by atoms with Crippen molar-refractivity contribution >= 4 is 18.2 Å². The van der Waals surface area contributed by atoms with Crippen molar-refractivity contribution in [3.8, 4) is 0 Å². The van der Waals surface area contributed by atoms with Crippen molar-refractivity contribution in [2.24, 2.45) is 9.98 Å². The van der Waals surface area contributed by atoms with Crippen LogP contribution in [0.3, 0.4) is 0 Å². The van der Waals surface area contributed by atoms with E-state index >= 15 is 0 Å². The summed E-state index contributed by atoms with van der Waals surface area (Å²) in [5, 5.41) is 0. The van der Waals surface area contributed by atoms with Crippen LogP contribution in [-0.4, -0.2) is 55.9 Å². The van der Waals surface area contributed by atoms with Crippen LogP contribution in [0.5, 0.6) is 0 Å². The summed E-state index contributed by atoms with van der Waals surface area (Å²) >= 11 is 0. The maximum absolute atomic E-state index is 11.6. The number of allylic oxidation sites excluding steroid dienone is 5. The van der Waals surface area contributed by atoms with Crippen LogP contribution in [0.1, 0.15) is 13.3 Å². The van der Waals surface area contributed by atoms with Crippen molar-refractivity contribution in [3.05, 3.63) is 35.8 Å². The number of carbonyl (C=O) groups is 1. The standard InChI is InChI=1S/C16H21N3O2/c1-11(20)15-9-12(10-19(15)4)21-16(18-3)13-7-5-6-8-14(13)17-2/h5-8,12,15H,3,9-10H2,1-2,4H3/b16-13+,17-14?. The second-order valence-electron chi connectivity index (χ2n) is 5.25. The maximum atomic E-state index is 11.6. The summed E-state index contributed by atoms with van der Waals surface area (Å²) < 4.78 is 5.97. The zero-order valence-corrected chi connectivity index (χ0v) is 12.7. The van der Waals surface area contributed by atoms with Crippen LogP contribution in [0.4, 0.5) is 0 Å². The highest BCUT2D eigenvalue weighted by atomic mass is 16.5. The maximum Gasteiger partial charge on any atom is 0.222 e. The molecule has 1 saturated heterocycles. The molecule has 0 aromatic heterocycles. The van der Waals surface area contributed by atoms with Gasteiger partial charge in [0.15, 0.2) is 0 Å². The average Bonchev–Trinajstić information content (AvgIpc) is 2.85. The highest BCUT2D eigenvalue weighted by Gasteiger charge is 2.34. The van der Waals surface area contributed by atoms with Crippen LogP contribution >= 0.6 is 0 Å². The number of hydrogen-bond acceptors (Lipinski definition) is 5. The second-order valence-corrected chi connectivity index (χ2v) is 5.25. The van der Waals surface area contributed by atoms with E-state index in [9.17, 15) is 4.79 Å². The number of aliphatic imine (C=N–C) groups is 2. The van der Waals surface area contributed by atoms with E-state index < -0.39 is 0 Å². The monoisotopic (exact) mass is 287 g/mol. The van der Waals surface area contributed by atoms with Crippen LogP contribution < -0.4 is 0 Å². The van der Waals surface area contributed by atoms with Crippen LogP contribution in [0.2, 0.25) is 0 Å². The molecule has 0 aromatic carbocycles. The predicted molar refractivity (Wildman–Crippen MR) is 84.8 cm³/mol. The van der Waals surface area contributed by atoms with Gasteiger partial charge in [-0.1, -0.05) is 12.2 Å². The molecule has 5 heteroatoms. The molecule has 2 atom stereocenters. The van der Waals surface area contributed by atoms with Crippen LogP contribution in [0.25, 0.3) is 0 Å². The van der Waals surface area contributed by atoms with Crippen LogP contribution in [0.15, 0.2) is 45.7 Å². The Balaban J connectivity index is 2.17. The number of carbonyl (C=O) groups excluding carboxylic acids is 1. The van der Waals surface area contributed by atoms with Gasteiger partial charge in [0.1, 0.15) is 11.9 Å². The van der Waals surface area contributed by atoms with Gasteiger partial charge in [0.25, 0.3) is 0 Å². The molecule has 0 bridgehead atoms. The topological polar surface area (TPSA) is 54.3 Å². The Morgan fingerprint density at radius 2 is 2.14 bits per heavy atom. The highest BCUT2D eigenvalue weighted by molar-refractivity contribution is 6.11. The first-order chi connectivity index (χ1) is 10.1. The molecule has 0 spiro atoms. The lowest BCUT2D eigenvalue weighted by atomic mass is 10.1. The van der Waals surface area contributed by atoms with Gasteiger partial charge in [-0.05, 0) is 32.8 Å². The largest absolute Gasteiger partial charge is 0.472 e. The Morgan fingerprint density at radius 1 is 1.43 bits per heavy atom. The first kappa shape index (κ1) is 15.4. The van der Waals surface area contributed by atoms with Gasteiger partial charge in [-0.3, -0.25) is 14.7 Å². The molecule has 0 N–H and O–H groups in total. The summed E-state index contributed by atoms with van der Waals surface area (Å²) in [5.74, 6) is 0.638. The molecule has 1 aliphatic heterocycles. The number of likely N-dealkylation sites (tertiary alicyclic amines) is 1. The summed E-state index contributed by atoms with van der Waals surface area (Å²) in [5.41, 5.74) is 1.64. The summed E-state index contributed by atoms with van der Waals surface area (Å²) in [7, 11) is 3.67. The molecule has 1 fully saturated rings. The minimum absolute atomic E-state index is 0.0608. The van der Waals surface area contributed by atoms with Gasteiger partial charge in [0.2, 0.25) is 5.88 Å². The molecular weight excluding hydrogens is 266 g/mol. The molecule has 0 aromatic rings. The van der Waals surface area contributed by atoms with Gasteiger partial charge < -0.3 is 4.74 Å². The zero-order valence-electron chi connectivity index (χ0n) is 12.7. The average molecular weight is 287 g/mol. The highest BCUT2D eigenvalue weighted by Crippen LogP contribution is 2.24. The Morgan fingerprint density at radius 3 is 2.71 bits per heavy atom. The van der Waals surface area contributed by atoms with E-state index in [0.29, 0.717) is 18.8 Å². The number of ether oxygens (including phenoxy) is 1. The van der Waals surface area contributed by atoms with Gasteiger partial charge >= 0.3 is 0 Å². The Hall–Kier alpha value is -2.01. The predicted octanol–water partition coefficient (Wildman–Crippen LogP) is 1.77. The van der Waals surface area contributed by atoms with Crippen molar-refractivity contribution in [1.29, 1.82) is 0 Å². The Labute approximate surface area is 125 Å². The van der Waals surface area contributed by atoms with Gasteiger partial charge in [0.05, 0.1) is 17.3 Å². The number of likely N-dealkylation sites (N-methyl/N-ethyl adjacent to an activating group) is 1. The van der Waals surface area contributed by atoms with Crippen molar-refractivity contribution in [2.75, 3.05) is 20.6 Å². The van der Waals surface area contributed by atoms with Gasteiger partial charge in [-0.15, -0.1) is 0 Å². The number of nitrogens with zero attached hydrogens (tertiary/aromatic N) is 3. The number of hydrogen-bond donors (Lipinski definition) is 0. The fraction of sp³-hybridized carbons (Fsp3) is 0.438. The minimum Gasteiger partial charge on any atom is -0.472 e. The third-order valence-corrected chi connectivity index (χ3v) is 3.78.